The van der Waals surface area contributed by atoms with Crippen molar-refractivity contribution < 1.29 is 55.5 Å². The van der Waals surface area contributed by atoms with Crippen molar-refractivity contribution in [3.8, 4) is 0 Å². The molecule has 0 radical (unpaired) electrons. The maximum absolute atomic E-state index is 14.4. The number of carbonyl (C=O) groups excluding carboxylic acids is 5. The quantitative estimate of drug-likeness (QED) is 0.229. The second kappa shape index (κ2) is 16.1. The van der Waals surface area contributed by atoms with Crippen molar-refractivity contribution in [3.05, 3.63) is 29.8 Å². The second-order valence-electron chi connectivity index (χ2n) is 13.7. The number of carboxylic acids is 1. The Labute approximate surface area is 304 Å². The molecule has 4 N–H and O–H groups in total. The van der Waals surface area contributed by atoms with Gasteiger partial charge >= 0.3 is 12.1 Å². The lowest BCUT2D eigenvalue weighted by Gasteiger charge is -2.50. The molecule has 0 saturated carbocycles. The number of carbonyl (C=O) groups is 6. The number of alkyl halides is 3. The van der Waals surface area contributed by atoms with Crippen molar-refractivity contribution in [2.45, 2.75) is 99.6 Å². The minimum atomic E-state index is -4.72. The predicted molar refractivity (Wildman–Crippen MR) is 179 cm³/mol. The van der Waals surface area contributed by atoms with Crippen molar-refractivity contribution in [2.75, 3.05) is 39.3 Å². The molecule has 1 aromatic carbocycles. The molecule has 2 unspecified atom stereocenters. The lowest BCUT2D eigenvalue weighted by atomic mass is 9.91. The molecule has 4 aliphatic rings. The van der Waals surface area contributed by atoms with E-state index in [9.17, 15) is 55.5 Å². The number of hydrazine groups is 1. The summed E-state index contributed by atoms with van der Waals surface area (Å²) in [5.41, 5.74) is -3.01. The first-order chi connectivity index (χ1) is 24.9. The van der Waals surface area contributed by atoms with E-state index in [1.165, 1.54) is 6.92 Å². The Kier molecular flexibility index (Phi) is 12.1. The monoisotopic (exact) mass is 771 g/mol. The Morgan fingerprint density at radius 1 is 0.981 bits per heavy atom. The molecule has 16 nitrogen and oxygen atoms in total. The first kappa shape index (κ1) is 40.1. The number of halogens is 3. The summed E-state index contributed by atoms with van der Waals surface area (Å²) in [6.07, 6.45) is -4.31. The number of benzene rings is 1. The average molecular weight is 772 g/mol. The Hall–Kier alpha value is -4.14. The summed E-state index contributed by atoms with van der Waals surface area (Å²) in [4.78, 5) is 83.4. The van der Waals surface area contributed by atoms with Gasteiger partial charge in [0, 0.05) is 71.0 Å². The third-order valence-corrected chi connectivity index (χ3v) is 11.8. The van der Waals surface area contributed by atoms with E-state index in [0.29, 0.717) is 31.8 Å². The van der Waals surface area contributed by atoms with Gasteiger partial charge in [0.15, 0.2) is 11.4 Å². The molecule has 0 aliphatic carbocycles. The Balaban J connectivity index is 1.43. The van der Waals surface area contributed by atoms with Gasteiger partial charge in [0.2, 0.25) is 27.7 Å². The number of amides is 4. The molecule has 4 heterocycles. The number of nitrogens with zero attached hydrogens (tertiary/aromatic N) is 4. The zero-order chi connectivity index (χ0) is 38.7. The fraction of sp³-hybridized carbons (Fsp3) is 0.636. The second-order valence-corrected chi connectivity index (χ2v) is 15.4. The number of aliphatic carboxylic acids is 1. The average Bonchev–Trinajstić information content (AvgIpc) is 3.63. The minimum Gasteiger partial charge on any atom is -0.481 e. The Morgan fingerprint density at radius 2 is 1.66 bits per heavy atom. The van der Waals surface area contributed by atoms with Crippen LogP contribution in [0, 0.1) is 0 Å². The van der Waals surface area contributed by atoms with Crippen molar-refractivity contribution in [1.29, 1.82) is 0 Å². The van der Waals surface area contributed by atoms with Crippen LogP contribution in [-0.4, -0.2) is 132 Å². The summed E-state index contributed by atoms with van der Waals surface area (Å²) in [6, 6.07) is -1.02. The molecule has 4 aliphatic heterocycles. The molecule has 0 bridgehead atoms. The van der Waals surface area contributed by atoms with Crippen LogP contribution in [-0.2, 0) is 45.0 Å². The van der Waals surface area contributed by atoms with Crippen LogP contribution in [0.4, 0.5) is 13.2 Å². The number of piperazine rings is 1. The normalized spacial score (nSPS) is 24.3. The number of likely N-dealkylation sites (tertiary alicyclic amines) is 1. The Bertz CT molecular complexity index is 1710. The van der Waals surface area contributed by atoms with Crippen molar-refractivity contribution in [3.63, 3.8) is 0 Å². The number of nitrogens with one attached hydrogen (secondary N) is 3. The van der Waals surface area contributed by atoms with Gasteiger partial charge in [0.25, 0.3) is 5.91 Å². The van der Waals surface area contributed by atoms with Crippen molar-refractivity contribution >= 4 is 45.4 Å². The number of Topliss-reactive ketones (excluding diaryl/α,β-unsaturated/α-hetero) is 1. The Morgan fingerprint density at radius 3 is 2.28 bits per heavy atom. The summed E-state index contributed by atoms with van der Waals surface area (Å²) in [6.45, 7) is 3.16. The predicted octanol–water partition coefficient (Wildman–Crippen LogP) is 0.433. The molecular weight excluding hydrogens is 727 g/mol. The molecule has 292 valence electrons. The van der Waals surface area contributed by atoms with Crippen molar-refractivity contribution in [1.82, 2.24) is 35.2 Å². The first-order valence-electron chi connectivity index (χ1n) is 17.6. The lowest BCUT2D eigenvalue weighted by molar-refractivity contribution is -0.177. The fourth-order valence-corrected chi connectivity index (χ4v) is 8.75. The molecule has 53 heavy (non-hydrogen) atoms. The van der Waals surface area contributed by atoms with Gasteiger partial charge < -0.3 is 20.6 Å². The zero-order valence-electron chi connectivity index (χ0n) is 29.2. The van der Waals surface area contributed by atoms with Gasteiger partial charge in [-0.3, -0.25) is 38.7 Å². The molecule has 20 heteroatoms. The van der Waals surface area contributed by atoms with Crippen LogP contribution in [0.1, 0.15) is 70.3 Å². The van der Waals surface area contributed by atoms with E-state index in [0.717, 1.165) is 35.0 Å². The number of carboxylic acid groups (broad SMARTS) is 1. The summed E-state index contributed by atoms with van der Waals surface area (Å²) >= 11 is 0. The van der Waals surface area contributed by atoms with Gasteiger partial charge in [-0.2, -0.15) is 17.9 Å². The standard InChI is InChI=1S/C33H44F3N7O9S/c1-21(44)32(13-12-29(47)48,41-18-14-37-20-23(41)19-28(46)40-15-2-3-16-40)38-30(49)26-5-4-17-42-27(45)11-10-25(31(50)43(26)42)39-53(51,52)24-8-6-22(7-9-24)33(34,35)36/h6-9,23,25-26,37,39H,2-5,10-20H2,1H3,(H,38,49)(H,47,48)/t23?,25-,26-,32?/m0/s1. The molecular formula is C33H44F3N7O9S. The van der Waals surface area contributed by atoms with Gasteiger partial charge in [0.05, 0.1) is 10.5 Å². The highest BCUT2D eigenvalue weighted by Gasteiger charge is 2.51. The summed E-state index contributed by atoms with van der Waals surface area (Å²) in [5, 5.41) is 17.5. The summed E-state index contributed by atoms with van der Waals surface area (Å²) in [7, 11) is -4.60. The number of sulfonamides is 1. The van der Waals surface area contributed by atoms with Gasteiger partial charge in [-0.15, -0.1) is 0 Å². The fourth-order valence-electron chi connectivity index (χ4n) is 7.52. The van der Waals surface area contributed by atoms with Crippen LogP contribution in [0.2, 0.25) is 0 Å². The number of ketones is 1. The van der Waals surface area contributed by atoms with E-state index >= 15 is 0 Å². The minimum absolute atomic E-state index is 0.00886. The van der Waals surface area contributed by atoms with Crippen LogP contribution in [0.3, 0.4) is 0 Å². The van der Waals surface area contributed by atoms with Crippen LogP contribution in [0.25, 0.3) is 0 Å². The number of hydrogen-bond acceptors (Lipinski definition) is 10. The molecule has 4 atom stereocenters. The van der Waals surface area contributed by atoms with E-state index in [1.807, 2.05) is 0 Å². The smallest absolute Gasteiger partial charge is 0.416 e. The molecule has 4 saturated heterocycles. The molecule has 5 rings (SSSR count). The van der Waals surface area contributed by atoms with E-state index in [-0.39, 0.29) is 64.1 Å². The first-order valence-corrected chi connectivity index (χ1v) is 19.1. The third-order valence-electron chi connectivity index (χ3n) is 10.3. The zero-order valence-corrected chi connectivity index (χ0v) is 30.0. The van der Waals surface area contributed by atoms with Gasteiger partial charge in [0.1, 0.15) is 12.1 Å². The molecule has 0 spiro atoms. The van der Waals surface area contributed by atoms with Crippen LogP contribution in [0.15, 0.2) is 29.2 Å². The SMILES string of the molecule is CC(=O)C(CCC(=O)O)(NC(=O)[C@@H]1CCCN2C(=O)CC[C@H](NS(=O)(=O)c3ccc(C(F)(F)F)cc3)C(=O)N12)N1CCNCC1CC(=O)N1CCCC1. The molecule has 4 fully saturated rings. The largest absolute Gasteiger partial charge is 0.481 e. The van der Waals surface area contributed by atoms with E-state index in [1.54, 1.807) is 9.80 Å². The van der Waals surface area contributed by atoms with Crippen molar-refractivity contribution in [2.24, 2.45) is 0 Å². The molecule has 1 aromatic rings. The number of fused-ring (bicyclic) bond motifs is 1. The van der Waals surface area contributed by atoms with E-state index in [2.05, 4.69) is 15.4 Å². The molecule has 0 aromatic heterocycles. The van der Waals surface area contributed by atoms with E-state index < -0.39 is 86.3 Å². The highest BCUT2D eigenvalue weighted by Crippen LogP contribution is 2.32. The van der Waals surface area contributed by atoms with Crippen LogP contribution < -0.4 is 15.4 Å². The van der Waals surface area contributed by atoms with Gasteiger partial charge in [-0.05, 0) is 63.3 Å². The number of hydrogen-bond donors (Lipinski definition) is 4. The highest BCUT2D eigenvalue weighted by atomic mass is 32.2. The third kappa shape index (κ3) is 8.81. The van der Waals surface area contributed by atoms with E-state index in [4.69, 9.17) is 0 Å². The topological polar surface area (TPSA) is 206 Å². The summed E-state index contributed by atoms with van der Waals surface area (Å²) in [5.74, 6) is -4.46. The number of rotatable bonds is 12. The maximum atomic E-state index is 14.4. The lowest BCUT2D eigenvalue weighted by Crippen LogP contribution is -2.73. The van der Waals surface area contributed by atoms with Gasteiger partial charge in [-0.1, -0.05) is 0 Å². The maximum Gasteiger partial charge on any atom is 0.416 e. The highest BCUT2D eigenvalue weighted by molar-refractivity contribution is 7.89. The molecule has 4 amide bonds. The van der Waals surface area contributed by atoms with Gasteiger partial charge in [-0.25, -0.2) is 13.4 Å². The van der Waals surface area contributed by atoms with Crippen LogP contribution in [0.5, 0.6) is 0 Å². The summed E-state index contributed by atoms with van der Waals surface area (Å²) < 4.78 is 68.0. The van der Waals surface area contributed by atoms with Crippen LogP contribution >= 0.6 is 0 Å².